The SMILES string of the molecule is CCNc1ccc(C(=O)NCc2cn[nH]c2)cc1C. The summed E-state index contributed by atoms with van der Waals surface area (Å²) in [6, 6.07) is 5.66. The summed E-state index contributed by atoms with van der Waals surface area (Å²) < 4.78 is 0. The molecule has 100 valence electrons. The number of aryl methyl sites for hydroxylation is 1. The third-order valence-corrected chi connectivity index (χ3v) is 2.86. The first-order chi connectivity index (χ1) is 9.20. The van der Waals surface area contributed by atoms with Crippen LogP contribution in [0.3, 0.4) is 0 Å². The minimum Gasteiger partial charge on any atom is -0.385 e. The van der Waals surface area contributed by atoms with Crippen molar-refractivity contribution in [1.82, 2.24) is 15.5 Å². The molecular formula is C14H18N4O. The van der Waals surface area contributed by atoms with E-state index in [4.69, 9.17) is 0 Å². The molecule has 0 spiro atoms. The molecule has 0 radical (unpaired) electrons. The predicted octanol–water partition coefficient (Wildman–Crippen LogP) is 2.08. The number of hydrogen-bond acceptors (Lipinski definition) is 3. The molecule has 0 aliphatic heterocycles. The first-order valence-corrected chi connectivity index (χ1v) is 6.31. The molecule has 1 amide bonds. The summed E-state index contributed by atoms with van der Waals surface area (Å²) in [5, 5.41) is 12.7. The lowest BCUT2D eigenvalue weighted by atomic mass is 10.1. The Labute approximate surface area is 112 Å². The fourth-order valence-corrected chi connectivity index (χ4v) is 1.85. The average Bonchev–Trinajstić information content (AvgIpc) is 2.91. The minimum atomic E-state index is -0.0765. The lowest BCUT2D eigenvalue weighted by Gasteiger charge is -2.09. The van der Waals surface area contributed by atoms with Gasteiger partial charge in [0.2, 0.25) is 0 Å². The maximum Gasteiger partial charge on any atom is 0.251 e. The van der Waals surface area contributed by atoms with Gasteiger partial charge in [0.1, 0.15) is 0 Å². The third-order valence-electron chi connectivity index (χ3n) is 2.86. The number of hydrogen-bond donors (Lipinski definition) is 3. The molecule has 0 bridgehead atoms. The van der Waals surface area contributed by atoms with Crippen molar-refractivity contribution < 1.29 is 4.79 Å². The number of aromatic nitrogens is 2. The van der Waals surface area contributed by atoms with Crippen LogP contribution in [0, 0.1) is 6.92 Å². The van der Waals surface area contributed by atoms with E-state index in [0.29, 0.717) is 12.1 Å². The topological polar surface area (TPSA) is 69.8 Å². The Kier molecular flexibility index (Phi) is 4.18. The van der Waals surface area contributed by atoms with Crippen LogP contribution in [0.2, 0.25) is 0 Å². The number of anilines is 1. The van der Waals surface area contributed by atoms with E-state index >= 15 is 0 Å². The highest BCUT2D eigenvalue weighted by molar-refractivity contribution is 5.94. The van der Waals surface area contributed by atoms with Gasteiger partial charge in [-0.3, -0.25) is 9.89 Å². The molecule has 2 aromatic rings. The van der Waals surface area contributed by atoms with Gasteiger partial charge in [0.15, 0.2) is 0 Å². The highest BCUT2D eigenvalue weighted by atomic mass is 16.1. The number of amides is 1. The quantitative estimate of drug-likeness (QED) is 0.769. The van der Waals surface area contributed by atoms with Crippen LogP contribution in [0.1, 0.15) is 28.4 Å². The van der Waals surface area contributed by atoms with E-state index in [1.807, 2.05) is 32.0 Å². The van der Waals surface area contributed by atoms with Crippen LogP contribution in [0.25, 0.3) is 0 Å². The van der Waals surface area contributed by atoms with Gasteiger partial charge >= 0.3 is 0 Å². The molecule has 0 fully saturated rings. The van der Waals surface area contributed by atoms with Crippen LogP contribution < -0.4 is 10.6 Å². The van der Waals surface area contributed by atoms with Crippen LogP contribution in [-0.4, -0.2) is 22.6 Å². The number of aromatic amines is 1. The molecule has 3 N–H and O–H groups in total. The van der Waals surface area contributed by atoms with Crippen molar-refractivity contribution in [1.29, 1.82) is 0 Å². The summed E-state index contributed by atoms with van der Waals surface area (Å²) in [7, 11) is 0. The van der Waals surface area contributed by atoms with Crippen molar-refractivity contribution in [2.45, 2.75) is 20.4 Å². The van der Waals surface area contributed by atoms with E-state index in [2.05, 4.69) is 20.8 Å². The molecule has 0 saturated carbocycles. The zero-order valence-electron chi connectivity index (χ0n) is 11.2. The molecule has 0 atom stereocenters. The van der Waals surface area contributed by atoms with Crippen molar-refractivity contribution >= 4 is 11.6 Å². The molecule has 1 aromatic carbocycles. The second-order valence-electron chi connectivity index (χ2n) is 4.35. The van der Waals surface area contributed by atoms with Gasteiger partial charge in [0, 0.05) is 36.1 Å². The highest BCUT2D eigenvalue weighted by Gasteiger charge is 2.07. The molecule has 19 heavy (non-hydrogen) atoms. The van der Waals surface area contributed by atoms with Crippen LogP contribution in [0.15, 0.2) is 30.6 Å². The van der Waals surface area contributed by atoms with Crippen LogP contribution in [0.5, 0.6) is 0 Å². The molecule has 0 aliphatic rings. The van der Waals surface area contributed by atoms with Crippen LogP contribution >= 0.6 is 0 Å². The Balaban J connectivity index is 2.01. The van der Waals surface area contributed by atoms with Gasteiger partial charge in [0.25, 0.3) is 5.91 Å². The molecule has 0 aliphatic carbocycles. The molecule has 0 unspecified atom stereocenters. The maximum absolute atomic E-state index is 12.0. The maximum atomic E-state index is 12.0. The summed E-state index contributed by atoms with van der Waals surface area (Å²) in [5.74, 6) is -0.0765. The zero-order valence-corrected chi connectivity index (χ0v) is 11.2. The number of nitrogens with one attached hydrogen (secondary N) is 3. The second-order valence-corrected chi connectivity index (χ2v) is 4.35. The third kappa shape index (κ3) is 3.34. The van der Waals surface area contributed by atoms with Crippen molar-refractivity contribution in [2.24, 2.45) is 0 Å². The Morgan fingerprint density at radius 1 is 1.42 bits per heavy atom. The van der Waals surface area contributed by atoms with Crippen LogP contribution in [-0.2, 0) is 6.54 Å². The Morgan fingerprint density at radius 3 is 2.89 bits per heavy atom. The zero-order chi connectivity index (χ0) is 13.7. The lowest BCUT2D eigenvalue weighted by molar-refractivity contribution is 0.0951. The second kappa shape index (κ2) is 6.04. The molecule has 5 heteroatoms. The number of benzene rings is 1. The number of rotatable bonds is 5. The first kappa shape index (κ1) is 13.1. The molecule has 1 aromatic heterocycles. The standard InChI is InChI=1S/C14H18N4O/c1-3-15-13-5-4-12(6-10(13)2)14(19)16-7-11-8-17-18-9-11/h4-6,8-9,15H,3,7H2,1-2H3,(H,16,19)(H,17,18). The fraction of sp³-hybridized carbons (Fsp3) is 0.286. The van der Waals surface area contributed by atoms with E-state index in [1.54, 1.807) is 12.4 Å². The van der Waals surface area contributed by atoms with Gasteiger partial charge in [-0.25, -0.2) is 0 Å². The van der Waals surface area contributed by atoms with Crippen molar-refractivity contribution in [3.05, 3.63) is 47.3 Å². The van der Waals surface area contributed by atoms with Gasteiger partial charge in [0.05, 0.1) is 6.20 Å². The number of H-pyrrole nitrogens is 1. The van der Waals surface area contributed by atoms with E-state index in [-0.39, 0.29) is 5.91 Å². The highest BCUT2D eigenvalue weighted by Crippen LogP contribution is 2.16. The number of nitrogens with zero attached hydrogens (tertiary/aromatic N) is 1. The summed E-state index contributed by atoms with van der Waals surface area (Å²) in [4.78, 5) is 12.0. The van der Waals surface area contributed by atoms with Gasteiger partial charge in [-0.15, -0.1) is 0 Å². The monoisotopic (exact) mass is 258 g/mol. The molecule has 5 nitrogen and oxygen atoms in total. The first-order valence-electron chi connectivity index (χ1n) is 6.31. The van der Waals surface area contributed by atoms with E-state index in [9.17, 15) is 4.79 Å². The van der Waals surface area contributed by atoms with Gasteiger partial charge in [-0.1, -0.05) is 0 Å². The minimum absolute atomic E-state index is 0.0765. The molecule has 2 rings (SSSR count). The average molecular weight is 258 g/mol. The summed E-state index contributed by atoms with van der Waals surface area (Å²) in [6.45, 7) is 5.38. The van der Waals surface area contributed by atoms with E-state index in [0.717, 1.165) is 23.4 Å². The van der Waals surface area contributed by atoms with Gasteiger partial charge in [-0.2, -0.15) is 5.10 Å². The van der Waals surface area contributed by atoms with E-state index < -0.39 is 0 Å². The fourth-order valence-electron chi connectivity index (χ4n) is 1.85. The normalized spacial score (nSPS) is 10.2. The number of carbonyl (C=O) groups is 1. The lowest BCUT2D eigenvalue weighted by Crippen LogP contribution is -2.22. The molecule has 0 saturated heterocycles. The Morgan fingerprint density at radius 2 is 2.26 bits per heavy atom. The summed E-state index contributed by atoms with van der Waals surface area (Å²) in [6.07, 6.45) is 3.46. The molecular weight excluding hydrogens is 240 g/mol. The predicted molar refractivity (Wildman–Crippen MR) is 75.1 cm³/mol. The van der Waals surface area contributed by atoms with E-state index in [1.165, 1.54) is 0 Å². The van der Waals surface area contributed by atoms with Gasteiger partial charge in [-0.05, 0) is 37.6 Å². The van der Waals surface area contributed by atoms with Crippen molar-refractivity contribution in [2.75, 3.05) is 11.9 Å². The van der Waals surface area contributed by atoms with Crippen molar-refractivity contribution in [3.8, 4) is 0 Å². The largest absolute Gasteiger partial charge is 0.385 e. The Bertz CT molecular complexity index is 549. The van der Waals surface area contributed by atoms with Gasteiger partial charge < -0.3 is 10.6 Å². The smallest absolute Gasteiger partial charge is 0.251 e. The van der Waals surface area contributed by atoms with Crippen molar-refractivity contribution in [3.63, 3.8) is 0 Å². The molecule has 1 heterocycles. The van der Waals surface area contributed by atoms with Crippen LogP contribution in [0.4, 0.5) is 5.69 Å². The summed E-state index contributed by atoms with van der Waals surface area (Å²) >= 11 is 0. The summed E-state index contributed by atoms with van der Waals surface area (Å²) in [5.41, 5.74) is 3.75. The number of carbonyl (C=O) groups excluding carboxylic acids is 1. The Hall–Kier alpha value is -2.30.